The lowest BCUT2D eigenvalue weighted by Gasteiger charge is -2.05. The van der Waals surface area contributed by atoms with Gasteiger partial charge >= 0.3 is 5.69 Å². The van der Waals surface area contributed by atoms with Gasteiger partial charge in [-0.05, 0) is 19.1 Å². The van der Waals surface area contributed by atoms with E-state index in [1.807, 2.05) is 19.1 Å². The molecule has 0 saturated heterocycles. The maximum Gasteiger partial charge on any atom is 0.307 e. The molecule has 1 aromatic carbocycles. The van der Waals surface area contributed by atoms with E-state index < -0.39 is 4.92 Å². The Morgan fingerprint density at radius 3 is 2.68 bits per heavy atom. The highest BCUT2D eigenvalue weighted by Crippen LogP contribution is 2.10. The predicted octanol–water partition coefficient (Wildman–Crippen LogP) is 1.74. The number of carbonyl (C=O) groups excluding carboxylic acids is 1. The van der Waals surface area contributed by atoms with Gasteiger partial charge in [-0.15, -0.1) is 0 Å². The number of nitrogens with one attached hydrogen (secondary N) is 1. The molecule has 0 unspecified atom stereocenters. The van der Waals surface area contributed by atoms with Crippen molar-refractivity contribution in [3.8, 4) is 0 Å². The van der Waals surface area contributed by atoms with Crippen LogP contribution in [0.1, 0.15) is 5.56 Å². The van der Waals surface area contributed by atoms with Gasteiger partial charge in [0.2, 0.25) is 5.91 Å². The fourth-order valence-corrected chi connectivity index (χ4v) is 1.52. The van der Waals surface area contributed by atoms with Crippen LogP contribution in [0, 0.1) is 17.0 Å². The highest BCUT2D eigenvalue weighted by atomic mass is 16.6. The summed E-state index contributed by atoms with van der Waals surface area (Å²) in [7, 11) is 0. The molecule has 0 atom stereocenters. The summed E-state index contributed by atoms with van der Waals surface area (Å²) >= 11 is 0. The molecule has 1 aromatic heterocycles. The Labute approximate surface area is 109 Å². The van der Waals surface area contributed by atoms with Crippen LogP contribution in [0.3, 0.4) is 0 Å². The molecule has 1 amide bonds. The second kappa shape index (κ2) is 5.30. The summed E-state index contributed by atoms with van der Waals surface area (Å²) < 4.78 is 1.22. The number of aryl methyl sites for hydroxylation is 1. The molecular weight excluding hydrogens is 248 g/mol. The van der Waals surface area contributed by atoms with Crippen LogP contribution in [0.15, 0.2) is 36.7 Å². The summed E-state index contributed by atoms with van der Waals surface area (Å²) in [5.74, 6) is -0.290. The first-order valence-corrected chi connectivity index (χ1v) is 5.58. The fourth-order valence-electron chi connectivity index (χ4n) is 1.52. The number of nitrogens with zero attached hydrogens (tertiary/aromatic N) is 3. The highest BCUT2D eigenvalue weighted by Gasteiger charge is 2.11. The summed E-state index contributed by atoms with van der Waals surface area (Å²) in [6, 6.07) is 7.35. The van der Waals surface area contributed by atoms with E-state index in [4.69, 9.17) is 0 Å². The van der Waals surface area contributed by atoms with Crippen LogP contribution in [0.25, 0.3) is 0 Å². The van der Waals surface area contributed by atoms with E-state index in [2.05, 4.69) is 10.4 Å². The number of hydrogen-bond donors (Lipinski definition) is 1. The van der Waals surface area contributed by atoms with Gasteiger partial charge in [0, 0.05) is 5.69 Å². The highest BCUT2D eigenvalue weighted by molar-refractivity contribution is 5.90. The molecule has 0 saturated carbocycles. The molecule has 0 spiro atoms. The summed E-state index contributed by atoms with van der Waals surface area (Å²) in [5, 5.41) is 16.9. The minimum Gasteiger partial charge on any atom is -0.324 e. The van der Waals surface area contributed by atoms with Crippen molar-refractivity contribution in [1.29, 1.82) is 0 Å². The Morgan fingerprint density at radius 2 is 2.11 bits per heavy atom. The molecule has 0 aliphatic heterocycles. The molecule has 7 heteroatoms. The van der Waals surface area contributed by atoms with Crippen LogP contribution in [0.5, 0.6) is 0 Å². The van der Waals surface area contributed by atoms with Gasteiger partial charge in [-0.1, -0.05) is 17.7 Å². The maximum absolute atomic E-state index is 11.7. The zero-order chi connectivity index (χ0) is 13.8. The Bertz CT molecular complexity index is 604. The minimum atomic E-state index is -0.554. The first-order chi connectivity index (χ1) is 9.04. The monoisotopic (exact) mass is 260 g/mol. The smallest absolute Gasteiger partial charge is 0.307 e. The zero-order valence-electron chi connectivity index (χ0n) is 10.2. The third-order valence-electron chi connectivity index (χ3n) is 2.47. The molecule has 0 radical (unpaired) electrons. The van der Waals surface area contributed by atoms with Crippen LogP contribution < -0.4 is 5.32 Å². The lowest BCUT2D eigenvalue weighted by atomic mass is 10.2. The van der Waals surface area contributed by atoms with Crippen molar-refractivity contribution < 1.29 is 9.72 Å². The van der Waals surface area contributed by atoms with E-state index in [0.29, 0.717) is 5.69 Å². The van der Waals surface area contributed by atoms with Gasteiger partial charge in [0.1, 0.15) is 18.9 Å². The predicted molar refractivity (Wildman–Crippen MR) is 68.7 cm³/mol. The van der Waals surface area contributed by atoms with Gasteiger partial charge in [-0.2, -0.15) is 5.10 Å². The largest absolute Gasteiger partial charge is 0.324 e. The molecule has 2 rings (SSSR count). The van der Waals surface area contributed by atoms with E-state index in [1.54, 1.807) is 12.1 Å². The molecule has 0 aliphatic carbocycles. The van der Waals surface area contributed by atoms with Gasteiger partial charge in [0.15, 0.2) is 0 Å². The Balaban J connectivity index is 1.97. The number of aromatic nitrogens is 2. The van der Waals surface area contributed by atoms with Gasteiger partial charge in [-0.3, -0.25) is 19.6 Å². The molecule has 0 fully saturated rings. The van der Waals surface area contributed by atoms with Gasteiger partial charge < -0.3 is 5.32 Å². The summed E-state index contributed by atoms with van der Waals surface area (Å²) in [6.07, 6.45) is 2.33. The van der Waals surface area contributed by atoms with Gasteiger partial charge in [0.25, 0.3) is 0 Å². The molecule has 0 bridgehead atoms. The standard InChI is InChI=1S/C12H12N4O3/c1-9-2-4-10(5-3-9)14-12(17)8-15-7-11(6-13-15)16(18)19/h2-7H,8H2,1H3,(H,14,17). The summed E-state index contributed by atoms with van der Waals surface area (Å²) in [6.45, 7) is 1.89. The lowest BCUT2D eigenvalue weighted by molar-refractivity contribution is -0.385. The average Bonchev–Trinajstić information content (AvgIpc) is 2.80. The third kappa shape index (κ3) is 3.38. The molecule has 98 valence electrons. The third-order valence-corrected chi connectivity index (χ3v) is 2.47. The SMILES string of the molecule is Cc1ccc(NC(=O)Cn2cc([N+](=O)[O-])cn2)cc1. The van der Waals surface area contributed by atoms with E-state index >= 15 is 0 Å². The number of hydrogen-bond acceptors (Lipinski definition) is 4. The maximum atomic E-state index is 11.7. The van der Waals surface area contributed by atoms with E-state index in [9.17, 15) is 14.9 Å². The second-order valence-corrected chi connectivity index (χ2v) is 4.07. The van der Waals surface area contributed by atoms with E-state index in [1.165, 1.54) is 10.9 Å². The molecule has 2 aromatic rings. The normalized spacial score (nSPS) is 10.2. The van der Waals surface area contributed by atoms with Crippen LogP contribution >= 0.6 is 0 Å². The van der Waals surface area contributed by atoms with E-state index in [0.717, 1.165) is 11.8 Å². The Morgan fingerprint density at radius 1 is 1.42 bits per heavy atom. The minimum absolute atomic E-state index is 0.0677. The van der Waals surface area contributed by atoms with Crippen molar-refractivity contribution >= 4 is 17.3 Å². The molecule has 1 N–H and O–H groups in total. The first-order valence-electron chi connectivity index (χ1n) is 5.58. The number of benzene rings is 1. The van der Waals surface area contributed by atoms with Crippen molar-refractivity contribution in [1.82, 2.24) is 9.78 Å². The average molecular weight is 260 g/mol. The van der Waals surface area contributed by atoms with Crippen molar-refractivity contribution in [2.45, 2.75) is 13.5 Å². The summed E-state index contributed by atoms with van der Waals surface area (Å²) in [5.41, 5.74) is 1.64. The number of carbonyl (C=O) groups is 1. The van der Waals surface area contributed by atoms with Gasteiger partial charge in [-0.25, -0.2) is 0 Å². The topological polar surface area (TPSA) is 90.1 Å². The van der Waals surface area contributed by atoms with Crippen LogP contribution in [0.2, 0.25) is 0 Å². The number of anilines is 1. The molecule has 7 nitrogen and oxygen atoms in total. The molecule has 0 aliphatic rings. The summed E-state index contributed by atoms with van der Waals surface area (Å²) in [4.78, 5) is 21.6. The number of rotatable bonds is 4. The van der Waals surface area contributed by atoms with Crippen molar-refractivity contribution in [3.63, 3.8) is 0 Å². The fraction of sp³-hybridized carbons (Fsp3) is 0.167. The van der Waals surface area contributed by atoms with Crippen LogP contribution in [-0.2, 0) is 11.3 Å². The van der Waals surface area contributed by atoms with Crippen LogP contribution in [-0.4, -0.2) is 20.6 Å². The van der Waals surface area contributed by atoms with Crippen molar-refractivity contribution in [3.05, 3.63) is 52.3 Å². The van der Waals surface area contributed by atoms with Crippen molar-refractivity contribution in [2.24, 2.45) is 0 Å². The Hall–Kier alpha value is -2.70. The quantitative estimate of drug-likeness (QED) is 0.669. The van der Waals surface area contributed by atoms with Crippen LogP contribution in [0.4, 0.5) is 11.4 Å². The molecular formula is C12H12N4O3. The van der Waals surface area contributed by atoms with Crippen molar-refractivity contribution in [2.75, 3.05) is 5.32 Å². The van der Waals surface area contributed by atoms with E-state index in [-0.39, 0.29) is 18.1 Å². The molecule has 19 heavy (non-hydrogen) atoms. The first kappa shape index (κ1) is 12.7. The second-order valence-electron chi connectivity index (χ2n) is 4.07. The number of nitro groups is 1. The number of amides is 1. The zero-order valence-corrected chi connectivity index (χ0v) is 10.2. The lowest BCUT2D eigenvalue weighted by Crippen LogP contribution is -2.18. The van der Waals surface area contributed by atoms with Gasteiger partial charge in [0.05, 0.1) is 4.92 Å². The Kier molecular flexibility index (Phi) is 3.56. The molecule has 1 heterocycles.